The average molecular weight is 399 g/mol. The highest BCUT2D eigenvalue weighted by molar-refractivity contribution is 6.33. The quantitative estimate of drug-likeness (QED) is 0.691. The molecular weight excluding hydrogens is 381 g/mol. The second-order valence-electron chi connectivity index (χ2n) is 6.64. The lowest BCUT2D eigenvalue weighted by molar-refractivity contribution is -0.137. The molecule has 3 heterocycles. The fourth-order valence-corrected chi connectivity index (χ4v) is 3.83. The predicted octanol–water partition coefficient (Wildman–Crippen LogP) is 5.26. The third-order valence-electron chi connectivity index (χ3n) is 4.83. The number of halogens is 4. The van der Waals surface area contributed by atoms with Crippen LogP contribution in [-0.2, 0) is 6.18 Å². The highest BCUT2D eigenvalue weighted by Crippen LogP contribution is 2.42. The summed E-state index contributed by atoms with van der Waals surface area (Å²) in [7, 11) is 0. The lowest BCUT2D eigenvalue weighted by Gasteiger charge is -2.27. The van der Waals surface area contributed by atoms with E-state index in [0.717, 1.165) is 37.1 Å². The summed E-state index contributed by atoms with van der Waals surface area (Å²) in [5, 5.41) is 0.00562. The Kier molecular flexibility index (Phi) is 4.80. The van der Waals surface area contributed by atoms with Gasteiger partial charge in [-0.3, -0.25) is 0 Å². The van der Waals surface area contributed by atoms with E-state index in [2.05, 4.69) is 4.98 Å². The number of benzene rings is 1. The van der Waals surface area contributed by atoms with Crippen molar-refractivity contribution in [3.8, 4) is 11.5 Å². The van der Waals surface area contributed by atoms with E-state index in [1.165, 1.54) is 0 Å². The van der Waals surface area contributed by atoms with E-state index in [0.29, 0.717) is 37.1 Å². The summed E-state index contributed by atoms with van der Waals surface area (Å²) < 4.78 is 50.0. The minimum Gasteiger partial charge on any atom is -0.490 e. The van der Waals surface area contributed by atoms with E-state index in [4.69, 9.17) is 21.1 Å². The second-order valence-corrected chi connectivity index (χ2v) is 7.04. The molecule has 2 aliphatic rings. The van der Waals surface area contributed by atoms with Gasteiger partial charge < -0.3 is 14.4 Å². The van der Waals surface area contributed by atoms with Gasteiger partial charge in [-0.15, -0.1) is 0 Å². The fraction of sp³-hybridized carbons (Fsp3) is 0.421. The van der Waals surface area contributed by atoms with Crippen LogP contribution in [0.3, 0.4) is 0 Å². The van der Waals surface area contributed by atoms with E-state index in [1.807, 2.05) is 23.1 Å². The number of hydrogen-bond donors (Lipinski definition) is 0. The highest BCUT2D eigenvalue weighted by Gasteiger charge is 2.34. The van der Waals surface area contributed by atoms with E-state index < -0.39 is 11.7 Å². The van der Waals surface area contributed by atoms with Gasteiger partial charge in [-0.1, -0.05) is 17.7 Å². The maximum absolute atomic E-state index is 12.9. The molecular formula is C19H18ClF3N2O2. The van der Waals surface area contributed by atoms with Crippen molar-refractivity contribution in [1.29, 1.82) is 0 Å². The number of fused-ring (bicyclic) bond motifs is 1. The van der Waals surface area contributed by atoms with Crippen LogP contribution in [-0.4, -0.2) is 24.7 Å². The minimum atomic E-state index is -4.46. The van der Waals surface area contributed by atoms with Gasteiger partial charge >= 0.3 is 6.18 Å². The van der Waals surface area contributed by atoms with Crippen LogP contribution in [0.25, 0.3) is 0 Å². The molecule has 0 bridgehead atoms. The molecule has 0 N–H and O–H groups in total. The smallest absolute Gasteiger partial charge is 0.417 e. The van der Waals surface area contributed by atoms with Gasteiger partial charge in [0.15, 0.2) is 11.5 Å². The third kappa shape index (κ3) is 3.65. The van der Waals surface area contributed by atoms with Crippen LogP contribution in [0.2, 0.25) is 5.02 Å². The van der Waals surface area contributed by atoms with Crippen LogP contribution >= 0.6 is 11.6 Å². The summed E-state index contributed by atoms with van der Waals surface area (Å²) in [6.07, 6.45) is -1.04. The molecule has 1 atom stereocenters. The van der Waals surface area contributed by atoms with Gasteiger partial charge in [0.1, 0.15) is 5.82 Å². The molecule has 1 aromatic carbocycles. The third-order valence-corrected chi connectivity index (χ3v) is 5.11. The monoisotopic (exact) mass is 398 g/mol. The normalized spacial score (nSPS) is 19.9. The van der Waals surface area contributed by atoms with Crippen molar-refractivity contribution in [1.82, 2.24) is 4.98 Å². The molecule has 2 aromatic rings. The SMILES string of the molecule is FC(F)(F)c1cnc(N2CCC[C@@H]2c2ccc3c(c2)OCCCO3)c(Cl)c1. The van der Waals surface area contributed by atoms with Crippen LogP contribution in [0.5, 0.6) is 11.5 Å². The summed E-state index contributed by atoms with van der Waals surface area (Å²) in [5.41, 5.74) is 0.164. The standard InChI is InChI=1S/C19H18ClF3N2O2/c20-14-10-13(19(21,22)23)11-24-18(14)25-6-1-3-15(25)12-4-5-16-17(9-12)27-8-2-7-26-16/h4-5,9-11,15H,1-3,6-8H2/t15-/m1/s1. The summed E-state index contributed by atoms with van der Waals surface area (Å²) in [6.45, 7) is 1.89. The number of hydrogen-bond acceptors (Lipinski definition) is 4. The van der Waals surface area contributed by atoms with Crippen LogP contribution in [0, 0.1) is 0 Å². The molecule has 27 heavy (non-hydrogen) atoms. The van der Waals surface area contributed by atoms with Gasteiger partial charge in [-0.25, -0.2) is 4.98 Å². The Morgan fingerprint density at radius 1 is 1.07 bits per heavy atom. The van der Waals surface area contributed by atoms with Crippen molar-refractivity contribution in [3.63, 3.8) is 0 Å². The second kappa shape index (κ2) is 7.11. The van der Waals surface area contributed by atoms with E-state index in [-0.39, 0.29) is 11.1 Å². The number of nitrogens with zero attached hydrogens (tertiary/aromatic N) is 2. The zero-order valence-corrected chi connectivity index (χ0v) is 15.2. The van der Waals surface area contributed by atoms with Crippen LogP contribution in [0.4, 0.5) is 19.0 Å². The Balaban J connectivity index is 1.64. The summed E-state index contributed by atoms with van der Waals surface area (Å²) in [6, 6.07) is 6.71. The molecule has 4 rings (SSSR count). The number of anilines is 1. The fourth-order valence-electron chi connectivity index (χ4n) is 3.55. The van der Waals surface area contributed by atoms with Gasteiger partial charge in [-0.05, 0) is 36.6 Å². The zero-order valence-electron chi connectivity index (χ0n) is 14.4. The first-order valence-corrected chi connectivity index (χ1v) is 9.20. The Morgan fingerprint density at radius 3 is 2.59 bits per heavy atom. The van der Waals surface area contributed by atoms with Crippen LogP contribution in [0.15, 0.2) is 30.5 Å². The molecule has 4 nitrogen and oxygen atoms in total. The maximum Gasteiger partial charge on any atom is 0.417 e. The van der Waals surface area contributed by atoms with Gasteiger partial charge in [-0.2, -0.15) is 13.2 Å². The molecule has 1 saturated heterocycles. The molecule has 1 fully saturated rings. The van der Waals surface area contributed by atoms with Crippen LogP contribution in [0.1, 0.15) is 36.4 Å². The Hall–Kier alpha value is -2.15. The van der Waals surface area contributed by atoms with Crippen molar-refractivity contribution in [2.24, 2.45) is 0 Å². The summed E-state index contributed by atoms with van der Waals surface area (Å²) >= 11 is 6.16. The van der Waals surface area contributed by atoms with Crippen molar-refractivity contribution >= 4 is 17.4 Å². The molecule has 0 unspecified atom stereocenters. The number of aromatic nitrogens is 1. The molecule has 2 aliphatic heterocycles. The molecule has 0 saturated carbocycles. The van der Waals surface area contributed by atoms with Crippen molar-refractivity contribution in [2.45, 2.75) is 31.5 Å². The van der Waals surface area contributed by atoms with E-state index in [9.17, 15) is 13.2 Å². The van der Waals surface area contributed by atoms with Gasteiger partial charge in [0.2, 0.25) is 0 Å². The lowest BCUT2D eigenvalue weighted by atomic mass is 10.0. The Labute approximate surface area is 159 Å². The van der Waals surface area contributed by atoms with Gasteiger partial charge in [0.05, 0.1) is 29.8 Å². The highest BCUT2D eigenvalue weighted by atomic mass is 35.5. The first-order chi connectivity index (χ1) is 12.9. The molecule has 0 amide bonds. The first-order valence-electron chi connectivity index (χ1n) is 8.82. The Bertz CT molecular complexity index is 844. The Morgan fingerprint density at radius 2 is 1.85 bits per heavy atom. The molecule has 0 aliphatic carbocycles. The van der Waals surface area contributed by atoms with Crippen molar-refractivity contribution in [3.05, 3.63) is 46.6 Å². The van der Waals surface area contributed by atoms with Gasteiger partial charge in [0.25, 0.3) is 0 Å². The first kappa shape index (κ1) is 18.2. The van der Waals surface area contributed by atoms with Crippen molar-refractivity contribution in [2.75, 3.05) is 24.7 Å². The summed E-state index contributed by atoms with van der Waals surface area (Å²) in [4.78, 5) is 5.98. The largest absolute Gasteiger partial charge is 0.490 e. The molecule has 1 aromatic heterocycles. The van der Waals surface area contributed by atoms with E-state index >= 15 is 0 Å². The number of ether oxygens (including phenoxy) is 2. The van der Waals surface area contributed by atoms with Crippen molar-refractivity contribution < 1.29 is 22.6 Å². The van der Waals surface area contributed by atoms with Crippen LogP contribution < -0.4 is 14.4 Å². The number of pyridine rings is 1. The molecule has 0 radical (unpaired) electrons. The van der Waals surface area contributed by atoms with Gasteiger partial charge in [0, 0.05) is 19.2 Å². The summed E-state index contributed by atoms with van der Waals surface area (Å²) in [5.74, 6) is 1.79. The average Bonchev–Trinajstić information content (AvgIpc) is 2.99. The predicted molar refractivity (Wildman–Crippen MR) is 95.6 cm³/mol. The maximum atomic E-state index is 12.9. The lowest BCUT2D eigenvalue weighted by Crippen LogP contribution is -2.24. The molecule has 144 valence electrons. The molecule has 8 heteroatoms. The topological polar surface area (TPSA) is 34.6 Å². The van der Waals surface area contributed by atoms with E-state index in [1.54, 1.807) is 0 Å². The number of rotatable bonds is 2. The number of alkyl halides is 3. The molecule has 0 spiro atoms. The minimum absolute atomic E-state index is 0.00562. The zero-order chi connectivity index (χ0) is 19.0.